The Morgan fingerprint density at radius 3 is 2.66 bits per heavy atom. The van der Waals surface area contributed by atoms with Crippen molar-refractivity contribution in [2.45, 2.75) is 12.8 Å². The smallest absolute Gasteiger partial charge is 0.278 e. The number of aromatic nitrogens is 1. The van der Waals surface area contributed by atoms with Gasteiger partial charge < -0.3 is 21.1 Å². The summed E-state index contributed by atoms with van der Waals surface area (Å²) in [6.07, 6.45) is 6.35. The zero-order valence-corrected chi connectivity index (χ0v) is 18.1. The Bertz CT molecular complexity index is 1060. The van der Waals surface area contributed by atoms with Gasteiger partial charge in [0.15, 0.2) is 5.75 Å². The highest BCUT2D eigenvalue weighted by Crippen LogP contribution is 2.35. The van der Waals surface area contributed by atoms with Gasteiger partial charge in [-0.15, -0.1) is 0 Å². The maximum Gasteiger partial charge on any atom is 0.278 e. The summed E-state index contributed by atoms with van der Waals surface area (Å²) in [5.41, 5.74) is 10.7. The lowest BCUT2D eigenvalue weighted by molar-refractivity contribution is -0.117. The molecule has 10 nitrogen and oxygen atoms in total. The number of methoxy groups -OCH3 is 1. The van der Waals surface area contributed by atoms with Crippen LogP contribution in [0.2, 0.25) is 0 Å². The lowest BCUT2D eigenvalue weighted by Gasteiger charge is -2.17. The van der Waals surface area contributed by atoms with E-state index in [2.05, 4.69) is 26.1 Å². The van der Waals surface area contributed by atoms with Gasteiger partial charge in [-0.05, 0) is 31.1 Å². The molecule has 0 radical (unpaired) electrons. The second-order valence-corrected chi connectivity index (χ2v) is 7.05. The van der Waals surface area contributed by atoms with Crippen molar-refractivity contribution in [1.82, 2.24) is 10.5 Å². The Labute approximate surface area is 185 Å². The Hall–Kier alpha value is -3.92. The lowest BCUT2D eigenvalue weighted by Crippen LogP contribution is -2.23. The number of nitrogens with zero attached hydrogens (tertiary/aromatic N) is 2. The topological polar surface area (TPSA) is 140 Å². The molecule has 32 heavy (non-hydrogen) atoms. The largest absolute Gasteiger partial charge is 0.494 e. The number of hydrogen-bond acceptors (Lipinski definition) is 8. The number of pyridine rings is 1. The third-order valence-corrected chi connectivity index (χ3v) is 4.75. The van der Waals surface area contributed by atoms with Gasteiger partial charge in [0.1, 0.15) is 5.82 Å². The fraction of sp³-hybridized carbons (Fsp3) is 0.273. The molecule has 1 aromatic heterocycles. The van der Waals surface area contributed by atoms with Gasteiger partial charge in [-0.1, -0.05) is 6.07 Å². The lowest BCUT2D eigenvalue weighted by atomic mass is 10.1. The molecule has 2 amide bonds. The number of hydrogen-bond donors (Lipinski definition) is 4. The monoisotopic (exact) mass is 438 g/mol. The van der Waals surface area contributed by atoms with Crippen molar-refractivity contribution in [1.29, 1.82) is 0 Å². The molecule has 1 fully saturated rings. The minimum Gasteiger partial charge on any atom is -0.494 e. The van der Waals surface area contributed by atoms with Crippen LogP contribution in [0.1, 0.15) is 28.8 Å². The van der Waals surface area contributed by atoms with Crippen LogP contribution in [0.25, 0.3) is 5.70 Å². The highest BCUT2D eigenvalue weighted by molar-refractivity contribution is 6.01. The standard InChI is InChI=1S/C22H26N6O4/c1-24-10-9-16(23)14-5-4-6-17(20(14)31-2)26-18-11-19(27-21(29)13-7-8-13)25-12-15(18)22(30)28-32-3/h4-6,9-13H,7-8,23H2,1-3H3,(H,28,30)(H2,25,26,27,29). The molecule has 1 aliphatic carbocycles. The molecular weight excluding hydrogens is 412 g/mol. The normalized spacial score (nSPS) is 13.7. The minimum atomic E-state index is -0.503. The molecule has 168 valence electrons. The summed E-state index contributed by atoms with van der Waals surface area (Å²) in [5.74, 6) is 0.225. The number of benzene rings is 1. The number of amides is 2. The van der Waals surface area contributed by atoms with Gasteiger partial charge in [-0.2, -0.15) is 0 Å². The maximum atomic E-state index is 12.5. The van der Waals surface area contributed by atoms with E-state index in [9.17, 15) is 9.59 Å². The number of rotatable bonds is 9. The molecule has 5 N–H and O–H groups in total. The Balaban J connectivity index is 2.00. The van der Waals surface area contributed by atoms with Crippen LogP contribution in [-0.2, 0) is 9.63 Å². The predicted molar refractivity (Wildman–Crippen MR) is 123 cm³/mol. The summed E-state index contributed by atoms with van der Waals surface area (Å²) in [6.45, 7) is 0. The van der Waals surface area contributed by atoms with Crippen molar-refractivity contribution in [3.8, 4) is 5.75 Å². The van der Waals surface area contributed by atoms with Gasteiger partial charge in [0.25, 0.3) is 5.91 Å². The second kappa shape index (κ2) is 10.4. The molecule has 1 aromatic carbocycles. The number of anilines is 3. The number of nitrogens with two attached hydrogens (primary N) is 1. The van der Waals surface area contributed by atoms with E-state index in [1.54, 1.807) is 37.5 Å². The van der Waals surface area contributed by atoms with Crippen molar-refractivity contribution in [2.75, 3.05) is 31.9 Å². The van der Waals surface area contributed by atoms with E-state index < -0.39 is 5.91 Å². The van der Waals surface area contributed by atoms with Crippen molar-refractivity contribution < 1.29 is 19.2 Å². The summed E-state index contributed by atoms with van der Waals surface area (Å²) in [6, 6.07) is 6.98. The van der Waals surface area contributed by atoms with Gasteiger partial charge in [-0.3, -0.25) is 19.4 Å². The molecule has 1 aliphatic rings. The average molecular weight is 438 g/mol. The van der Waals surface area contributed by atoms with E-state index in [1.807, 2.05) is 6.07 Å². The summed E-state index contributed by atoms with van der Waals surface area (Å²) in [4.78, 5) is 37.5. The highest BCUT2D eigenvalue weighted by Gasteiger charge is 2.30. The second-order valence-electron chi connectivity index (χ2n) is 7.05. The molecule has 3 rings (SSSR count). The fourth-order valence-corrected chi connectivity index (χ4v) is 3.00. The number of nitrogens with one attached hydrogen (secondary N) is 3. The summed E-state index contributed by atoms with van der Waals surface area (Å²) in [5, 5.41) is 5.97. The molecule has 0 unspecified atom stereocenters. The zero-order chi connectivity index (χ0) is 23.1. The Morgan fingerprint density at radius 2 is 2.00 bits per heavy atom. The van der Waals surface area contributed by atoms with Crippen LogP contribution in [0.5, 0.6) is 5.75 Å². The predicted octanol–water partition coefficient (Wildman–Crippen LogP) is 2.47. The zero-order valence-electron chi connectivity index (χ0n) is 18.1. The quantitative estimate of drug-likeness (QED) is 0.348. The first-order valence-corrected chi connectivity index (χ1v) is 9.95. The van der Waals surface area contributed by atoms with E-state index >= 15 is 0 Å². The number of carbonyl (C=O) groups excluding carboxylic acids is 2. The van der Waals surface area contributed by atoms with Gasteiger partial charge in [-0.25, -0.2) is 10.5 Å². The third-order valence-electron chi connectivity index (χ3n) is 4.75. The summed E-state index contributed by atoms with van der Waals surface area (Å²) >= 11 is 0. The van der Waals surface area contributed by atoms with Crippen LogP contribution in [0.4, 0.5) is 17.2 Å². The van der Waals surface area contributed by atoms with E-state index in [-0.39, 0.29) is 17.4 Å². The van der Waals surface area contributed by atoms with E-state index in [1.165, 1.54) is 20.4 Å². The van der Waals surface area contributed by atoms with Crippen LogP contribution < -0.4 is 26.6 Å². The number of allylic oxidation sites excluding steroid dienone is 1. The molecular formula is C22H26N6O4. The van der Waals surface area contributed by atoms with Gasteiger partial charge in [0, 0.05) is 42.7 Å². The van der Waals surface area contributed by atoms with E-state index in [0.29, 0.717) is 34.2 Å². The first-order chi connectivity index (χ1) is 15.5. The highest BCUT2D eigenvalue weighted by atomic mass is 16.6. The molecule has 0 spiro atoms. The van der Waals surface area contributed by atoms with Crippen LogP contribution in [-0.4, -0.2) is 44.3 Å². The molecule has 0 atom stereocenters. The summed E-state index contributed by atoms with van der Waals surface area (Å²) in [7, 11) is 4.51. The molecule has 10 heteroatoms. The number of hydroxylamine groups is 1. The number of carbonyl (C=O) groups is 2. The van der Waals surface area contributed by atoms with E-state index in [0.717, 1.165) is 12.8 Å². The molecule has 1 saturated carbocycles. The van der Waals surface area contributed by atoms with Gasteiger partial charge in [0.2, 0.25) is 5.91 Å². The molecule has 2 aromatic rings. The van der Waals surface area contributed by atoms with Gasteiger partial charge in [0.05, 0.1) is 31.2 Å². The number of para-hydroxylation sites is 1. The van der Waals surface area contributed by atoms with Gasteiger partial charge >= 0.3 is 0 Å². The third kappa shape index (κ3) is 5.41. The van der Waals surface area contributed by atoms with Crippen molar-refractivity contribution in [2.24, 2.45) is 16.6 Å². The van der Waals surface area contributed by atoms with Crippen LogP contribution in [0.15, 0.2) is 41.5 Å². The first kappa shape index (κ1) is 22.8. The minimum absolute atomic E-state index is 0.0165. The van der Waals surface area contributed by atoms with E-state index in [4.69, 9.17) is 15.3 Å². The van der Waals surface area contributed by atoms with Crippen molar-refractivity contribution in [3.63, 3.8) is 0 Å². The average Bonchev–Trinajstić information content (AvgIpc) is 3.63. The first-order valence-electron chi connectivity index (χ1n) is 9.95. The summed E-state index contributed by atoms with van der Waals surface area (Å²) < 4.78 is 5.59. The SMILES string of the molecule is CN=CC=C(N)c1cccc(Nc2cc(NC(=O)C3CC3)ncc2C(=O)NOC)c1OC. The molecule has 0 saturated heterocycles. The fourth-order valence-electron chi connectivity index (χ4n) is 3.00. The number of ether oxygens (including phenoxy) is 1. The molecule has 0 bridgehead atoms. The Kier molecular flexibility index (Phi) is 7.40. The number of aliphatic imine (C=N–C) groups is 1. The maximum absolute atomic E-state index is 12.5. The Morgan fingerprint density at radius 1 is 1.22 bits per heavy atom. The van der Waals surface area contributed by atoms with Crippen LogP contribution in [0.3, 0.4) is 0 Å². The van der Waals surface area contributed by atoms with Crippen molar-refractivity contribution >= 4 is 40.9 Å². The van der Waals surface area contributed by atoms with Crippen LogP contribution in [0, 0.1) is 5.92 Å². The van der Waals surface area contributed by atoms with Crippen LogP contribution >= 0.6 is 0 Å². The molecule has 0 aliphatic heterocycles. The molecule has 1 heterocycles. The van der Waals surface area contributed by atoms with Crippen molar-refractivity contribution in [3.05, 3.63) is 47.7 Å².